The van der Waals surface area contributed by atoms with Gasteiger partial charge in [0.2, 0.25) is 0 Å². The Morgan fingerprint density at radius 3 is 1.75 bits per heavy atom. The lowest BCUT2D eigenvalue weighted by atomic mass is 10.2. The fourth-order valence-corrected chi connectivity index (χ4v) is 3.45. The topological polar surface area (TPSA) is 0 Å². The lowest BCUT2D eigenvalue weighted by Crippen LogP contribution is -1.84. The fourth-order valence-electron chi connectivity index (χ4n) is 0.715. The third kappa shape index (κ3) is 1.92. The first kappa shape index (κ1) is 11.5. The minimum atomic E-state index is 0.719. The van der Waals surface area contributed by atoms with Crippen LogP contribution in [0, 0.1) is 6.92 Å². The SMILES string of the molecule is Cc1c(Cl)c(Br)c(Br)c(Br)c1Br. The van der Waals surface area contributed by atoms with Gasteiger partial charge in [-0.2, -0.15) is 0 Å². The Kier molecular flexibility index (Phi) is 4.12. The van der Waals surface area contributed by atoms with Gasteiger partial charge >= 0.3 is 0 Å². The Hall–Kier alpha value is 1.43. The molecule has 0 heterocycles. The fraction of sp³-hybridized carbons (Fsp3) is 0.143. The predicted molar refractivity (Wildman–Crippen MR) is 67.0 cm³/mol. The molecule has 12 heavy (non-hydrogen) atoms. The van der Waals surface area contributed by atoms with Crippen LogP contribution in [0.15, 0.2) is 17.9 Å². The zero-order chi connectivity index (χ0) is 9.46. The van der Waals surface area contributed by atoms with Crippen molar-refractivity contribution in [3.05, 3.63) is 28.5 Å². The summed E-state index contributed by atoms with van der Waals surface area (Å²) in [5.74, 6) is 0. The highest BCUT2D eigenvalue weighted by molar-refractivity contribution is 9.15. The molecule has 0 aliphatic carbocycles. The highest BCUT2D eigenvalue weighted by Gasteiger charge is 2.14. The van der Waals surface area contributed by atoms with Gasteiger partial charge in [-0.15, -0.1) is 0 Å². The molecule has 66 valence electrons. The van der Waals surface area contributed by atoms with Gasteiger partial charge in [-0.05, 0) is 76.2 Å². The molecular formula is C7H3Br4Cl. The molecule has 1 aromatic rings. The quantitative estimate of drug-likeness (QED) is 0.358. The average molecular weight is 442 g/mol. The Morgan fingerprint density at radius 2 is 1.25 bits per heavy atom. The lowest BCUT2D eigenvalue weighted by molar-refractivity contribution is 1.36. The lowest BCUT2D eigenvalue weighted by Gasteiger charge is -2.09. The molecule has 0 nitrogen and oxygen atoms in total. The van der Waals surface area contributed by atoms with Crippen LogP contribution in [-0.2, 0) is 0 Å². The van der Waals surface area contributed by atoms with Crippen molar-refractivity contribution in [2.75, 3.05) is 0 Å². The standard InChI is InChI=1S/C7H3Br4Cl/c1-2-3(8)4(9)5(10)6(11)7(2)12/h1H3. The van der Waals surface area contributed by atoms with Crippen molar-refractivity contribution in [2.45, 2.75) is 6.92 Å². The van der Waals surface area contributed by atoms with E-state index in [0.717, 1.165) is 28.5 Å². The molecule has 5 heteroatoms. The van der Waals surface area contributed by atoms with Crippen LogP contribution in [0.25, 0.3) is 0 Å². The van der Waals surface area contributed by atoms with Gasteiger partial charge in [0.05, 0.1) is 9.50 Å². The summed E-state index contributed by atoms with van der Waals surface area (Å²) in [6.45, 7) is 1.95. The maximum absolute atomic E-state index is 6.03. The van der Waals surface area contributed by atoms with Crippen molar-refractivity contribution in [1.29, 1.82) is 0 Å². The van der Waals surface area contributed by atoms with Crippen molar-refractivity contribution in [2.24, 2.45) is 0 Å². The van der Waals surface area contributed by atoms with E-state index in [1.165, 1.54) is 0 Å². The maximum atomic E-state index is 6.03. The zero-order valence-corrected chi connectivity index (χ0v) is 13.0. The first-order valence-electron chi connectivity index (χ1n) is 2.94. The molecular weight excluding hydrogens is 439 g/mol. The largest absolute Gasteiger partial charge is 0.0827 e. The number of halogens is 5. The monoisotopic (exact) mass is 438 g/mol. The Bertz CT molecular complexity index is 230. The second-order valence-corrected chi connectivity index (χ2v) is 5.74. The molecule has 0 saturated carbocycles. The van der Waals surface area contributed by atoms with Crippen molar-refractivity contribution in [1.82, 2.24) is 0 Å². The third-order valence-corrected chi connectivity index (χ3v) is 7.10. The molecule has 0 atom stereocenters. The Labute approximate surface area is 110 Å². The van der Waals surface area contributed by atoms with Crippen LogP contribution in [0.1, 0.15) is 5.56 Å². The normalized spacial score (nSPS) is 10.5. The first-order chi connectivity index (χ1) is 5.46. The number of benzene rings is 1. The summed E-state index contributed by atoms with van der Waals surface area (Å²) in [5, 5.41) is 0.719. The van der Waals surface area contributed by atoms with Gasteiger partial charge in [-0.1, -0.05) is 11.6 Å². The molecule has 0 bridgehead atoms. The minimum Gasteiger partial charge on any atom is -0.0827 e. The van der Waals surface area contributed by atoms with Gasteiger partial charge in [0.1, 0.15) is 0 Å². The van der Waals surface area contributed by atoms with Gasteiger partial charge in [-0.25, -0.2) is 0 Å². The van der Waals surface area contributed by atoms with E-state index in [9.17, 15) is 0 Å². The Balaban J connectivity index is 3.60. The molecule has 1 rings (SSSR count). The molecule has 0 aromatic heterocycles. The van der Waals surface area contributed by atoms with E-state index in [0.29, 0.717) is 0 Å². The van der Waals surface area contributed by atoms with Crippen LogP contribution >= 0.6 is 75.3 Å². The summed E-state index contributed by atoms with van der Waals surface area (Å²) < 4.78 is 3.74. The van der Waals surface area contributed by atoms with Crippen LogP contribution in [0.2, 0.25) is 5.02 Å². The molecule has 1 aromatic carbocycles. The number of rotatable bonds is 0. The van der Waals surface area contributed by atoms with Crippen molar-refractivity contribution in [3.8, 4) is 0 Å². The third-order valence-electron chi connectivity index (χ3n) is 1.43. The smallest absolute Gasteiger partial charge is 0.0600 e. The van der Waals surface area contributed by atoms with Crippen LogP contribution in [-0.4, -0.2) is 0 Å². The van der Waals surface area contributed by atoms with Gasteiger partial charge < -0.3 is 0 Å². The van der Waals surface area contributed by atoms with E-state index in [-0.39, 0.29) is 0 Å². The van der Waals surface area contributed by atoms with Crippen molar-refractivity contribution >= 4 is 75.3 Å². The molecule has 0 unspecified atom stereocenters. The first-order valence-corrected chi connectivity index (χ1v) is 6.49. The van der Waals surface area contributed by atoms with E-state index in [2.05, 4.69) is 63.7 Å². The van der Waals surface area contributed by atoms with Crippen molar-refractivity contribution in [3.63, 3.8) is 0 Å². The average Bonchev–Trinajstić information content (AvgIpc) is 2.08. The summed E-state index contributed by atoms with van der Waals surface area (Å²) in [5.41, 5.74) is 1.01. The molecule has 0 aliphatic rings. The molecule has 0 radical (unpaired) electrons. The maximum Gasteiger partial charge on any atom is 0.0600 e. The molecule has 0 amide bonds. The van der Waals surface area contributed by atoms with E-state index in [4.69, 9.17) is 11.6 Å². The van der Waals surface area contributed by atoms with Crippen molar-refractivity contribution < 1.29 is 0 Å². The predicted octanol–water partition coefficient (Wildman–Crippen LogP) is 5.70. The summed E-state index contributed by atoms with van der Waals surface area (Å²) in [6.07, 6.45) is 0. The van der Waals surface area contributed by atoms with E-state index in [1.807, 2.05) is 6.92 Å². The molecule has 0 saturated heterocycles. The Morgan fingerprint density at radius 1 is 0.833 bits per heavy atom. The molecule has 0 aliphatic heterocycles. The molecule has 0 N–H and O–H groups in total. The summed E-state index contributed by atoms with van der Waals surface area (Å²) >= 11 is 19.7. The summed E-state index contributed by atoms with van der Waals surface area (Å²) in [4.78, 5) is 0. The van der Waals surface area contributed by atoms with Gasteiger partial charge in [-0.3, -0.25) is 0 Å². The second kappa shape index (κ2) is 4.30. The van der Waals surface area contributed by atoms with Crippen LogP contribution in [0.3, 0.4) is 0 Å². The van der Waals surface area contributed by atoms with E-state index >= 15 is 0 Å². The van der Waals surface area contributed by atoms with Crippen LogP contribution < -0.4 is 0 Å². The highest BCUT2D eigenvalue weighted by Crippen LogP contribution is 2.43. The van der Waals surface area contributed by atoms with Gasteiger partial charge in [0.25, 0.3) is 0 Å². The van der Waals surface area contributed by atoms with Crippen LogP contribution in [0.5, 0.6) is 0 Å². The number of hydrogen-bond acceptors (Lipinski definition) is 0. The van der Waals surface area contributed by atoms with Gasteiger partial charge in [0.15, 0.2) is 0 Å². The second-order valence-electron chi connectivity index (χ2n) is 2.19. The molecule has 0 fully saturated rings. The number of hydrogen-bond donors (Lipinski definition) is 0. The van der Waals surface area contributed by atoms with E-state index < -0.39 is 0 Å². The highest BCUT2D eigenvalue weighted by atomic mass is 79.9. The van der Waals surface area contributed by atoms with Gasteiger partial charge in [0, 0.05) is 13.4 Å². The minimum absolute atomic E-state index is 0.719. The summed E-state index contributed by atoms with van der Waals surface area (Å²) in [6, 6.07) is 0. The van der Waals surface area contributed by atoms with E-state index in [1.54, 1.807) is 0 Å². The summed E-state index contributed by atoms with van der Waals surface area (Å²) in [7, 11) is 0. The zero-order valence-electron chi connectivity index (χ0n) is 5.89. The molecule has 0 spiro atoms. The van der Waals surface area contributed by atoms with Crippen LogP contribution in [0.4, 0.5) is 0 Å².